The predicted octanol–water partition coefficient (Wildman–Crippen LogP) is 3.31. The number of H-pyrrole nitrogens is 1. The first-order chi connectivity index (χ1) is 13.8. The van der Waals surface area contributed by atoms with Crippen molar-refractivity contribution in [2.45, 2.75) is 52.6 Å². The average molecular weight is 393 g/mol. The molecule has 2 heterocycles. The fraction of sp³-hybridized carbons (Fsp3) is 0.348. The second kappa shape index (κ2) is 8.90. The summed E-state index contributed by atoms with van der Waals surface area (Å²) >= 11 is 0. The van der Waals surface area contributed by atoms with Crippen LogP contribution in [-0.2, 0) is 6.54 Å². The molecule has 29 heavy (non-hydrogen) atoms. The predicted molar refractivity (Wildman–Crippen MR) is 114 cm³/mol. The number of carbonyl (C=O) groups excluding carboxylic acids is 1. The van der Waals surface area contributed by atoms with Gasteiger partial charge >= 0.3 is 0 Å². The van der Waals surface area contributed by atoms with Gasteiger partial charge in [-0.2, -0.15) is 0 Å². The quantitative estimate of drug-likeness (QED) is 0.790. The minimum atomic E-state index is -0.376. The fourth-order valence-corrected chi connectivity index (χ4v) is 3.63. The second-order valence-corrected chi connectivity index (χ2v) is 7.60. The van der Waals surface area contributed by atoms with Gasteiger partial charge in [-0.1, -0.05) is 23.8 Å². The molecule has 2 N–H and O–H groups in total. The summed E-state index contributed by atoms with van der Waals surface area (Å²) in [5, 5.41) is 2.73. The van der Waals surface area contributed by atoms with Crippen molar-refractivity contribution in [2.75, 3.05) is 0 Å². The second-order valence-electron chi connectivity index (χ2n) is 7.60. The number of nitrogens with zero attached hydrogens (tertiary/aromatic N) is 1. The van der Waals surface area contributed by atoms with Crippen LogP contribution in [0.2, 0.25) is 0 Å². The van der Waals surface area contributed by atoms with Gasteiger partial charge in [-0.3, -0.25) is 14.4 Å². The molecule has 0 fully saturated rings. The van der Waals surface area contributed by atoms with Crippen molar-refractivity contribution in [2.24, 2.45) is 0 Å². The molecule has 0 spiro atoms. The molecule has 0 radical (unpaired) electrons. The van der Waals surface area contributed by atoms with E-state index in [1.165, 1.54) is 11.6 Å². The van der Waals surface area contributed by atoms with E-state index in [2.05, 4.69) is 28.5 Å². The van der Waals surface area contributed by atoms with Crippen LogP contribution in [0.15, 0.2) is 57.8 Å². The molecule has 0 aromatic carbocycles. The fourth-order valence-electron chi connectivity index (χ4n) is 3.63. The first kappa shape index (κ1) is 20.6. The molecule has 0 saturated carbocycles. The molecule has 3 rings (SSSR count). The van der Waals surface area contributed by atoms with Crippen LogP contribution in [0.1, 0.15) is 59.4 Å². The summed E-state index contributed by atoms with van der Waals surface area (Å²) in [6, 6.07) is 4.86. The smallest absolute Gasteiger partial charge is 0.253 e. The van der Waals surface area contributed by atoms with E-state index in [-0.39, 0.29) is 35.2 Å². The SMILES string of the molecule is Cc1cc(C)c(CNC(=O)c2ccn(C(C)CC3=CCCC=C3)c(=O)c2)c(=O)[nH]1. The average Bonchev–Trinajstić information content (AvgIpc) is 2.67. The number of allylic oxidation sites excluding steroid dienone is 4. The summed E-state index contributed by atoms with van der Waals surface area (Å²) in [6.45, 7) is 5.76. The highest BCUT2D eigenvalue weighted by Crippen LogP contribution is 2.20. The van der Waals surface area contributed by atoms with Gasteiger partial charge in [-0.15, -0.1) is 0 Å². The molecule has 2 aromatic rings. The van der Waals surface area contributed by atoms with Crippen molar-refractivity contribution < 1.29 is 4.79 Å². The molecular formula is C23H27N3O3. The van der Waals surface area contributed by atoms with Crippen LogP contribution < -0.4 is 16.4 Å². The van der Waals surface area contributed by atoms with Crippen LogP contribution in [0, 0.1) is 13.8 Å². The molecule has 1 atom stereocenters. The first-order valence-electron chi connectivity index (χ1n) is 9.90. The number of aryl methyl sites for hydroxylation is 2. The van der Waals surface area contributed by atoms with E-state index in [9.17, 15) is 14.4 Å². The lowest BCUT2D eigenvalue weighted by Gasteiger charge is -2.17. The lowest BCUT2D eigenvalue weighted by atomic mass is 10.0. The Balaban J connectivity index is 1.68. The Morgan fingerprint density at radius 2 is 2.03 bits per heavy atom. The van der Waals surface area contributed by atoms with E-state index < -0.39 is 0 Å². The maximum atomic E-state index is 12.5. The van der Waals surface area contributed by atoms with Crippen molar-refractivity contribution in [1.82, 2.24) is 14.9 Å². The van der Waals surface area contributed by atoms with E-state index in [1.807, 2.05) is 26.8 Å². The summed E-state index contributed by atoms with van der Waals surface area (Å²) < 4.78 is 1.65. The molecule has 1 aliphatic rings. The van der Waals surface area contributed by atoms with E-state index in [0.29, 0.717) is 5.56 Å². The largest absolute Gasteiger partial charge is 0.348 e. The van der Waals surface area contributed by atoms with Crippen molar-refractivity contribution in [1.29, 1.82) is 0 Å². The monoisotopic (exact) mass is 393 g/mol. The number of hydrogen-bond donors (Lipinski definition) is 2. The maximum absolute atomic E-state index is 12.5. The molecule has 1 aliphatic carbocycles. The van der Waals surface area contributed by atoms with Crippen LogP contribution in [0.3, 0.4) is 0 Å². The van der Waals surface area contributed by atoms with E-state index in [1.54, 1.807) is 16.8 Å². The van der Waals surface area contributed by atoms with Gasteiger partial charge in [0.05, 0.1) is 0 Å². The summed E-state index contributed by atoms with van der Waals surface area (Å²) in [6.07, 6.45) is 11.0. The van der Waals surface area contributed by atoms with Crippen molar-refractivity contribution in [3.05, 3.63) is 91.3 Å². The van der Waals surface area contributed by atoms with Crippen molar-refractivity contribution >= 4 is 5.91 Å². The molecule has 1 unspecified atom stereocenters. The summed E-state index contributed by atoms with van der Waals surface area (Å²) in [5.74, 6) is -0.376. The van der Waals surface area contributed by atoms with E-state index in [4.69, 9.17) is 0 Å². The van der Waals surface area contributed by atoms with Gasteiger partial charge in [0.1, 0.15) is 0 Å². The molecule has 152 valence electrons. The van der Waals surface area contributed by atoms with Crippen LogP contribution in [0.4, 0.5) is 0 Å². The Morgan fingerprint density at radius 3 is 2.69 bits per heavy atom. The van der Waals surface area contributed by atoms with Gasteiger partial charge in [-0.05, 0) is 57.7 Å². The van der Waals surface area contributed by atoms with Crippen molar-refractivity contribution in [3.63, 3.8) is 0 Å². The third kappa shape index (κ3) is 5.02. The minimum Gasteiger partial charge on any atom is -0.348 e. The minimum absolute atomic E-state index is 0.00220. The summed E-state index contributed by atoms with van der Waals surface area (Å²) in [4.78, 5) is 39.8. The Hall–Kier alpha value is -3.15. The van der Waals surface area contributed by atoms with Crippen molar-refractivity contribution in [3.8, 4) is 0 Å². The van der Waals surface area contributed by atoms with Gasteiger partial charge in [0.15, 0.2) is 0 Å². The molecular weight excluding hydrogens is 366 g/mol. The highest BCUT2D eigenvalue weighted by Gasteiger charge is 2.13. The van der Waals surface area contributed by atoms with Gasteiger partial charge in [0.2, 0.25) is 0 Å². The Bertz CT molecular complexity index is 1090. The van der Waals surface area contributed by atoms with E-state index in [0.717, 1.165) is 30.5 Å². The maximum Gasteiger partial charge on any atom is 0.253 e. The lowest BCUT2D eigenvalue weighted by Crippen LogP contribution is -2.30. The third-order valence-electron chi connectivity index (χ3n) is 5.21. The molecule has 6 heteroatoms. The zero-order chi connectivity index (χ0) is 21.0. The number of carbonyl (C=O) groups is 1. The van der Waals surface area contributed by atoms with Gasteiger partial charge in [0.25, 0.3) is 17.0 Å². The highest BCUT2D eigenvalue weighted by molar-refractivity contribution is 5.93. The van der Waals surface area contributed by atoms with Gasteiger partial charge in [0, 0.05) is 41.7 Å². The molecule has 1 amide bonds. The van der Waals surface area contributed by atoms with Crippen LogP contribution in [0.5, 0.6) is 0 Å². The van der Waals surface area contributed by atoms with Crippen LogP contribution in [-0.4, -0.2) is 15.5 Å². The number of aromatic amines is 1. The Labute approximate surface area is 170 Å². The number of rotatable bonds is 6. The zero-order valence-electron chi connectivity index (χ0n) is 17.1. The number of amides is 1. The number of pyridine rings is 2. The summed E-state index contributed by atoms with van der Waals surface area (Å²) in [7, 11) is 0. The lowest BCUT2D eigenvalue weighted by molar-refractivity contribution is 0.0950. The molecule has 0 aliphatic heterocycles. The van der Waals surface area contributed by atoms with E-state index >= 15 is 0 Å². The zero-order valence-corrected chi connectivity index (χ0v) is 17.1. The summed E-state index contributed by atoms with van der Waals surface area (Å²) in [5.41, 5.74) is 3.21. The molecule has 6 nitrogen and oxygen atoms in total. The highest BCUT2D eigenvalue weighted by atomic mass is 16.2. The first-order valence-corrected chi connectivity index (χ1v) is 9.90. The number of hydrogen-bond acceptors (Lipinski definition) is 3. The Morgan fingerprint density at radius 1 is 1.24 bits per heavy atom. The normalized spacial score (nSPS) is 14.4. The molecule has 0 saturated heterocycles. The number of nitrogens with one attached hydrogen (secondary N) is 2. The molecule has 2 aromatic heterocycles. The topological polar surface area (TPSA) is 84.0 Å². The standard InChI is InChI=1S/C23H27N3O3/c1-15-11-16(2)25-23(29)20(15)14-24-22(28)19-9-10-26(21(27)13-19)17(3)12-18-7-5-4-6-8-18/h5,7-11,13,17H,4,6,12,14H2,1-3H3,(H,24,28)(H,25,29). The van der Waals surface area contributed by atoms with Gasteiger partial charge < -0.3 is 14.9 Å². The van der Waals surface area contributed by atoms with Gasteiger partial charge in [-0.25, -0.2) is 0 Å². The number of aromatic nitrogens is 2. The van der Waals surface area contributed by atoms with Crippen LogP contribution in [0.25, 0.3) is 0 Å². The Kier molecular flexibility index (Phi) is 6.32. The molecule has 0 bridgehead atoms. The van der Waals surface area contributed by atoms with Crippen LogP contribution >= 0.6 is 0 Å². The third-order valence-corrected chi connectivity index (χ3v) is 5.21.